The van der Waals surface area contributed by atoms with E-state index < -0.39 is 12.2 Å². The van der Waals surface area contributed by atoms with Crippen molar-refractivity contribution in [1.82, 2.24) is 10.3 Å². The fraction of sp³-hybridized carbons (Fsp3) is 0.583. The standard InChI is InChI=1S/C12H15N3O3S/c1-6(13-2)7-5-19-12(14-7)15-10(16)8-3-4-9(18-8)11(15)17/h5-6,8-9,13H,3-4H2,1-2H3. The summed E-state index contributed by atoms with van der Waals surface area (Å²) in [6.07, 6.45) is 0.293. The second-order valence-electron chi connectivity index (χ2n) is 4.77. The first-order chi connectivity index (χ1) is 9.11. The SMILES string of the molecule is CNC(C)c1csc(N2C(=O)C3CCC(O3)C2=O)n1. The predicted molar refractivity (Wildman–Crippen MR) is 70.0 cm³/mol. The van der Waals surface area contributed by atoms with Gasteiger partial charge in [-0.05, 0) is 26.8 Å². The minimum atomic E-state index is -0.475. The molecule has 2 fully saturated rings. The zero-order chi connectivity index (χ0) is 13.6. The van der Waals surface area contributed by atoms with E-state index in [1.54, 1.807) is 0 Å². The molecule has 19 heavy (non-hydrogen) atoms. The molecular formula is C12H15N3O3S. The van der Waals surface area contributed by atoms with Crippen molar-refractivity contribution in [2.45, 2.75) is 38.0 Å². The Kier molecular flexibility index (Phi) is 3.12. The van der Waals surface area contributed by atoms with Crippen LogP contribution in [0.4, 0.5) is 5.13 Å². The van der Waals surface area contributed by atoms with E-state index in [1.807, 2.05) is 19.4 Å². The van der Waals surface area contributed by atoms with Gasteiger partial charge in [0.05, 0.1) is 5.69 Å². The molecule has 0 radical (unpaired) electrons. The Hall–Kier alpha value is -1.31. The molecule has 3 rings (SSSR count). The van der Waals surface area contributed by atoms with Gasteiger partial charge in [0.25, 0.3) is 11.8 Å². The van der Waals surface area contributed by atoms with Gasteiger partial charge in [-0.3, -0.25) is 9.59 Å². The molecule has 6 nitrogen and oxygen atoms in total. The lowest BCUT2D eigenvalue weighted by Gasteiger charge is -2.27. The first-order valence-electron chi connectivity index (χ1n) is 6.27. The van der Waals surface area contributed by atoms with Gasteiger partial charge in [0.1, 0.15) is 12.2 Å². The van der Waals surface area contributed by atoms with E-state index in [0.29, 0.717) is 18.0 Å². The van der Waals surface area contributed by atoms with E-state index in [9.17, 15) is 9.59 Å². The molecular weight excluding hydrogens is 266 g/mol. The lowest BCUT2D eigenvalue weighted by molar-refractivity contribution is -0.146. The van der Waals surface area contributed by atoms with Gasteiger partial charge in [-0.2, -0.15) is 0 Å². The Labute approximate surface area is 114 Å². The molecule has 1 aromatic heterocycles. The monoisotopic (exact) mass is 281 g/mol. The number of nitrogens with one attached hydrogen (secondary N) is 1. The summed E-state index contributed by atoms with van der Waals surface area (Å²) in [6, 6.07) is 0.0907. The number of nitrogens with zero attached hydrogens (tertiary/aromatic N) is 2. The second kappa shape index (κ2) is 4.66. The van der Waals surface area contributed by atoms with Crippen LogP contribution in [0.2, 0.25) is 0 Å². The normalized spacial score (nSPS) is 28.0. The number of morpholine rings is 1. The molecule has 2 amide bonds. The number of rotatable bonds is 3. The molecule has 102 valence electrons. The highest BCUT2D eigenvalue weighted by molar-refractivity contribution is 7.14. The first kappa shape index (κ1) is 12.7. The van der Waals surface area contributed by atoms with Gasteiger partial charge in [0, 0.05) is 11.4 Å². The van der Waals surface area contributed by atoms with Crippen molar-refractivity contribution in [3.05, 3.63) is 11.1 Å². The maximum Gasteiger partial charge on any atom is 0.264 e. The molecule has 3 unspecified atom stereocenters. The molecule has 1 aromatic rings. The summed E-state index contributed by atoms with van der Waals surface area (Å²) in [6.45, 7) is 1.98. The minimum Gasteiger partial charge on any atom is -0.355 e. The van der Waals surface area contributed by atoms with Crippen LogP contribution >= 0.6 is 11.3 Å². The molecule has 7 heteroatoms. The number of amides is 2. The van der Waals surface area contributed by atoms with Gasteiger partial charge in [-0.15, -0.1) is 11.3 Å². The van der Waals surface area contributed by atoms with Crippen molar-refractivity contribution >= 4 is 28.3 Å². The molecule has 0 aromatic carbocycles. The van der Waals surface area contributed by atoms with Crippen molar-refractivity contribution in [3.8, 4) is 0 Å². The summed E-state index contributed by atoms with van der Waals surface area (Å²) in [4.78, 5) is 29.9. The Balaban J connectivity index is 1.90. The third kappa shape index (κ3) is 1.98. The maximum atomic E-state index is 12.2. The number of carbonyl (C=O) groups excluding carboxylic acids is 2. The zero-order valence-electron chi connectivity index (χ0n) is 10.8. The third-order valence-electron chi connectivity index (χ3n) is 3.59. The average molecular weight is 281 g/mol. The lowest BCUT2D eigenvalue weighted by atomic mass is 10.2. The Bertz CT molecular complexity index is 508. The molecule has 2 aliphatic rings. The van der Waals surface area contributed by atoms with E-state index in [-0.39, 0.29) is 17.9 Å². The number of hydrogen-bond acceptors (Lipinski definition) is 6. The summed E-state index contributed by atoms with van der Waals surface area (Å²) in [5, 5.41) is 5.40. The zero-order valence-corrected chi connectivity index (χ0v) is 11.6. The number of aromatic nitrogens is 1. The fourth-order valence-electron chi connectivity index (χ4n) is 2.31. The van der Waals surface area contributed by atoms with Crippen LogP contribution in [0.15, 0.2) is 5.38 Å². The molecule has 0 saturated carbocycles. The maximum absolute atomic E-state index is 12.2. The van der Waals surface area contributed by atoms with Crippen molar-refractivity contribution in [3.63, 3.8) is 0 Å². The van der Waals surface area contributed by atoms with E-state index >= 15 is 0 Å². The van der Waals surface area contributed by atoms with Crippen LogP contribution in [-0.4, -0.2) is 36.1 Å². The van der Waals surface area contributed by atoms with Gasteiger partial charge in [-0.1, -0.05) is 0 Å². The molecule has 3 atom stereocenters. The number of ether oxygens (including phenoxy) is 1. The fourth-order valence-corrected chi connectivity index (χ4v) is 3.24. The Morgan fingerprint density at radius 2 is 2.05 bits per heavy atom. The van der Waals surface area contributed by atoms with Crippen molar-refractivity contribution in [2.24, 2.45) is 0 Å². The Morgan fingerprint density at radius 1 is 1.42 bits per heavy atom. The minimum absolute atomic E-state index is 0.0907. The third-order valence-corrected chi connectivity index (χ3v) is 4.43. The number of fused-ring (bicyclic) bond motifs is 2. The molecule has 0 spiro atoms. The Morgan fingerprint density at radius 3 is 2.63 bits per heavy atom. The number of carbonyl (C=O) groups is 2. The van der Waals surface area contributed by atoms with Crippen molar-refractivity contribution in [2.75, 3.05) is 11.9 Å². The van der Waals surface area contributed by atoms with E-state index in [2.05, 4.69) is 10.3 Å². The highest BCUT2D eigenvalue weighted by Crippen LogP contribution is 2.33. The van der Waals surface area contributed by atoms with E-state index in [4.69, 9.17) is 4.74 Å². The second-order valence-corrected chi connectivity index (χ2v) is 5.60. The smallest absolute Gasteiger partial charge is 0.264 e. The largest absolute Gasteiger partial charge is 0.355 e. The molecule has 1 N–H and O–H groups in total. The van der Waals surface area contributed by atoms with Crippen molar-refractivity contribution < 1.29 is 14.3 Å². The highest BCUT2D eigenvalue weighted by atomic mass is 32.1. The van der Waals surface area contributed by atoms with Crippen molar-refractivity contribution in [1.29, 1.82) is 0 Å². The molecule has 2 bridgehead atoms. The van der Waals surface area contributed by atoms with Crippen LogP contribution in [0.3, 0.4) is 0 Å². The molecule has 2 saturated heterocycles. The van der Waals surface area contributed by atoms with Crippen LogP contribution < -0.4 is 10.2 Å². The quantitative estimate of drug-likeness (QED) is 0.831. The topological polar surface area (TPSA) is 71.5 Å². The van der Waals surface area contributed by atoms with Crippen LogP contribution in [0.5, 0.6) is 0 Å². The summed E-state index contributed by atoms with van der Waals surface area (Å²) >= 11 is 1.32. The summed E-state index contributed by atoms with van der Waals surface area (Å²) in [5.74, 6) is -0.562. The molecule has 2 aliphatic heterocycles. The van der Waals surface area contributed by atoms with Crippen LogP contribution in [0.1, 0.15) is 31.5 Å². The van der Waals surface area contributed by atoms with Gasteiger partial charge in [0.2, 0.25) is 0 Å². The van der Waals surface area contributed by atoms with E-state index in [1.165, 1.54) is 16.2 Å². The van der Waals surface area contributed by atoms with Crippen LogP contribution in [0, 0.1) is 0 Å². The summed E-state index contributed by atoms with van der Waals surface area (Å²) in [7, 11) is 1.84. The lowest BCUT2D eigenvalue weighted by Crippen LogP contribution is -2.52. The first-order valence-corrected chi connectivity index (χ1v) is 7.15. The predicted octanol–water partition coefficient (Wildman–Crippen LogP) is 0.844. The number of thiazole rings is 1. The number of hydrogen-bond donors (Lipinski definition) is 1. The average Bonchev–Trinajstić information content (AvgIpc) is 3.04. The van der Waals surface area contributed by atoms with Gasteiger partial charge >= 0.3 is 0 Å². The van der Waals surface area contributed by atoms with Crippen LogP contribution in [-0.2, 0) is 14.3 Å². The number of imide groups is 1. The highest BCUT2D eigenvalue weighted by Gasteiger charge is 2.48. The van der Waals surface area contributed by atoms with Gasteiger partial charge < -0.3 is 10.1 Å². The van der Waals surface area contributed by atoms with Gasteiger partial charge in [0.15, 0.2) is 5.13 Å². The molecule has 3 heterocycles. The summed E-state index contributed by atoms with van der Waals surface area (Å²) < 4.78 is 5.37. The van der Waals surface area contributed by atoms with E-state index in [0.717, 1.165) is 5.69 Å². The van der Waals surface area contributed by atoms with Gasteiger partial charge in [-0.25, -0.2) is 9.88 Å². The number of anilines is 1. The summed E-state index contributed by atoms with van der Waals surface area (Å²) in [5.41, 5.74) is 0.835. The molecule has 0 aliphatic carbocycles. The van der Waals surface area contributed by atoms with Crippen LogP contribution in [0.25, 0.3) is 0 Å².